The Kier molecular flexibility index (Phi) is 9.27. The third-order valence-corrected chi connectivity index (χ3v) is 7.84. The Morgan fingerprint density at radius 3 is 2.19 bits per heavy atom. The minimum atomic E-state index is 0.0838. The Morgan fingerprint density at radius 2 is 1.62 bits per heavy atom. The van der Waals surface area contributed by atoms with E-state index in [4.69, 9.17) is 10.00 Å². The summed E-state index contributed by atoms with van der Waals surface area (Å²) < 4.78 is 6.24. The largest absolute Gasteiger partial charge is 0.490 e. The number of hydrogen-bond acceptors (Lipinski definition) is 4. The number of nitriles is 1. The highest BCUT2D eigenvalue weighted by Gasteiger charge is 2.44. The van der Waals surface area contributed by atoms with E-state index in [1.54, 1.807) is 12.1 Å². The monoisotopic (exact) mass is 501 g/mol. The zero-order valence-corrected chi connectivity index (χ0v) is 23.0. The second-order valence-electron chi connectivity index (χ2n) is 11.8. The predicted molar refractivity (Wildman–Crippen MR) is 148 cm³/mol. The van der Waals surface area contributed by atoms with Crippen LogP contribution in [0.5, 0.6) is 5.75 Å². The normalized spacial score (nSPS) is 21.0. The van der Waals surface area contributed by atoms with E-state index in [1.165, 1.54) is 18.4 Å². The highest BCUT2D eigenvalue weighted by molar-refractivity contribution is 5.95. The number of hydrogen-bond donors (Lipinski definition) is 0. The fourth-order valence-electron chi connectivity index (χ4n) is 5.70. The molecule has 2 aliphatic heterocycles. The molecular formula is C32H43N3O2. The van der Waals surface area contributed by atoms with Crippen LogP contribution in [0.1, 0.15) is 87.7 Å². The van der Waals surface area contributed by atoms with Crippen molar-refractivity contribution < 1.29 is 9.53 Å². The van der Waals surface area contributed by atoms with Crippen LogP contribution < -0.4 is 4.74 Å². The van der Waals surface area contributed by atoms with Crippen LogP contribution in [-0.4, -0.2) is 47.0 Å². The summed E-state index contributed by atoms with van der Waals surface area (Å²) in [4.78, 5) is 18.2. The first-order chi connectivity index (χ1) is 17.8. The molecule has 0 spiro atoms. The molecule has 2 heterocycles. The van der Waals surface area contributed by atoms with E-state index in [0.29, 0.717) is 17.4 Å². The van der Waals surface area contributed by atoms with Gasteiger partial charge in [0, 0.05) is 37.0 Å². The lowest BCUT2D eigenvalue weighted by Gasteiger charge is -2.39. The fourth-order valence-corrected chi connectivity index (χ4v) is 5.70. The number of carbonyl (C=O) groups excluding carboxylic acids is 1. The van der Waals surface area contributed by atoms with Gasteiger partial charge in [-0.2, -0.15) is 5.26 Å². The summed E-state index contributed by atoms with van der Waals surface area (Å²) in [7, 11) is 0. The number of amides is 1. The van der Waals surface area contributed by atoms with E-state index in [1.807, 2.05) is 24.3 Å². The minimum Gasteiger partial charge on any atom is -0.490 e. The number of nitrogens with zero attached hydrogens (tertiary/aromatic N) is 3. The van der Waals surface area contributed by atoms with Crippen LogP contribution in [0.15, 0.2) is 48.5 Å². The van der Waals surface area contributed by atoms with E-state index < -0.39 is 0 Å². The Hall–Kier alpha value is -2.84. The van der Waals surface area contributed by atoms with Gasteiger partial charge in [0.2, 0.25) is 0 Å². The molecule has 37 heavy (non-hydrogen) atoms. The summed E-state index contributed by atoms with van der Waals surface area (Å²) in [5, 5.41) is 9.16. The molecule has 4 rings (SSSR count). The zero-order valence-electron chi connectivity index (χ0n) is 23.0. The summed E-state index contributed by atoms with van der Waals surface area (Å²) in [6.07, 6.45) is 6.26. The lowest BCUT2D eigenvalue weighted by atomic mass is 9.98. The van der Waals surface area contributed by atoms with Gasteiger partial charge in [0.1, 0.15) is 11.9 Å². The van der Waals surface area contributed by atoms with Crippen molar-refractivity contribution in [3.63, 3.8) is 0 Å². The topological polar surface area (TPSA) is 56.6 Å². The standard InChI is InChI=1S/C32H43N3O2/c1-23(2)14-16-34(17-15-24(3)4)22-25-8-10-27(11-9-25)32(36)35-28-12-13-29(35)20-31(19-28)37-30-7-5-6-26(18-30)21-33/h5-11,18,23-24,28-29,31H,12-17,19-20,22H2,1-4H3. The van der Waals surface area contributed by atoms with E-state index in [0.717, 1.165) is 56.6 Å². The smallest absolute Gasteiger partial charge is 0.254 e. The molecule has 1 amide bonds. The molecule has 2 unspecified atom stereocenters. The zero-order chi connectivity index (χ0) is 26.4. The van der Waals surface area contributed by atoms with Crippen LogP contribution in [0.25, 0.3) is 0 Å². The van der Waals surface area contributed by atoms with Gasteiger partial charge in [-0.1, -0.05) is 45.9 Å². The second kappa shape index (κ2) is 12.6. The lowest BCUT2D eigenvalue weighted by Crippen LogP contribution is -2.49. The van der Waals surface area contributed by atoms with Gasteiger partial charge in [-0.15, -0.1) is 0 Å². The van der Waals surface area contributed by atoms with E-state index in [2.05, 4.69) is 55.7 Å². The second-order valence-corrected chi connectivity index (χ2v) is 11.8. The molecule has 0 aromatic heterocycles. The third-order valence-electron chi connectivity index (χ3n) is 7.84. The maximum Gasteiger partial charge on any atom is 0.254 e. The molecule has 2 saturated heterocycles. The highest BCUT2D eigenvalue weighted by Crippen LogP contribution is 2.38. The van der Waals surface area contributed by atoms with E-state index >= 15 is 0 Å². The van der Waals surface area contributed by atoms with Crippen LogP contribution in [-0.2, 0) is 6.54 Å². The van der Waals surface area contributed by atoms with Crippen molar-refractivity contribution in [3.8, 4) is 11.8 Å². The Bertz CT molecular complexity index is 1050. The number of rotatable bonds is 11. The van der Waals surface area contributed by atoms with E-state index in [-0.39, 0.29) is 24.1 Å². The van der Waals surface area contributed by atoms with E-state index in [9.17, 15) is 4.79 Å². The number of piperidine rings is 1. The quantitative estimate of drug-likeness (QED) is 0.345. The molecule has 0 N–H and O–H groups in total. The molecule has 2 bridgehead atoms. The van der Waals surface area contributed by atoms with Crippen LogP contribution in [0.2, 0.25) is 0 Å². The van der Waals surface area contributed by atoms with Crippen molar-refractivity contribution in [2.45, 2.75) is 91.0 Å². The Labute approximate surface area is 223 Å². The van der Waals surface area contributed by atoms with Crippen molar-refractivity contribution in [3.05, 3.63) is 65.2 Å². The van der Waals surface area contributed by atoms with Crippen LogP contribution in [0.4, 0.5) is 0 Å². The van der Waals surface area contributed by atoms with Gasteiger partial charge in [-0.25, -0.2) is 0 Å². The van der Waals surface area contributed by atoms with Crippen molar-refractivity contribution >= 4 is 5.91 Å². The molecule has 2 atom stereocenters. The lowest BCUT2D eigenvalue weighted by molar-refractivity contribution is 0.0359. The van der Waals surface area contributed by atoms with Crippen molar-refractivity contribution in [2.75, 3.05) is 13.1 Å². The molecule has 2 aliphatic rings. The average Bonchev–Trinajstić information content (AvgIpc) is 3.15. The summed E-state index contributed by atoms with van der Waals surface area (Å²) in [5.41, 5.74) is 2.68. The van der Waals surface area contributed by atoms with Crippen LogP contribution >= 0.6 is 0 Å². The molecule has 5 nitrogen and oxygen atoms in total. The van der Waals surface area contributed by atoms with Gasteiger partial charge in [-0.05, 0) is 86.5 Å². The SMILES string of the molecule is CC(C)CCN(CCC(C)C)Cc1ccc(C(=O)N2C3CCC2CC(Oc2cccc(C#N)c2)C3)cc1. The third kappa shape index (κ3) is 7.36. The van der Waals surface area contributed by atoms with Gasteiger partial charge < -0.3 is 9.64 Å². The molecule has 5 heteroatoms. The molecular weight excluding hydrogens is 458 g/mol. The highest BCUT2D eigenvalue weighted by atomic mass is 16.5. The summed E-state index contributed by atoms with van der Waals surface area (Å²) >= 11 is 0. The molecule has 198 valence electrons. The van der Waals surface area contributed by atoms with Crippen LogP contribution in [0, 0.1) is 23.2 Å². The predicted octanol–water partition coefficient (Wildman–Crippen LogP) is 6.67. The first-order valence-electron chi connectivity index (χ1n) is 14.1. The first-order valence-corrected chi connectivity index (χ1v) is 14.1. The Morgan fingerprint density at radius 1 is 1.00 bits per heavy atom. The van der Waals surface area contributed by atoms with Gasteiger partial charge >= 0.3 is 0 Å². The van der Waals surface area contributed by atoms with Gasteiger partial charge in [-0.3, -0.25) is 9.69 Å². The van der Waals surface area contributed by atoms with Crippen LogP contribution in [0.3, 0.4) is 0 Å². The van der Waals surface area contributed by atoms with Gasteiger partial charge in [0.05, 0.1) is 11.6 Å². The molecule has 2 aromatic carbocycles. The number of fused-ring (bicyclic) bond motifs is 2. The summed E-state index contributed by atoms with van der Waals surface area (Å²) in [5.74, 6) is 2.30. The molecule has 0 aliphatic carbocycles. The minimum absolute atomic E-state index is 0.0838. The molecule has 0 radical (unpaired) electrons. The first kappa shape index (κ1) is 27.2. The summed E-state index contributed by atoms with van der Waals surface area (Å²) in [6.45, 7) is 12.3. The van der Waals surface area contributed by atoms with Crippen molar-refractivity contribution in [1.29, 1.82) is 5.26 Å². The summed E-state index contributed by atoms with van der Waals surface area (Å²) in [6, 6.07) is 18.3. The molecule has 0 saturated carbocycles. The van der Waals surface area contributed by atoms with Crippen molar-refractivity contribution in [1.82, 2.24) is 9.80 Å². The Balaban J connectivity index is 1.36. The average molecular weight is 502 g/mol. The van der Waals surface area contributed by atoms with Gasteiger partial charge in [0.25, 0.3) is 5.91 Å². The fraction of sp³-hybridized carbons (Fsp3) is 0.562. The maximum absolute atomic E-state index is 13.5. The van der Waals surface area contributed by atoms with Gasteiger partial charge in [0.15, 0.2) is 0 Å². The molecule has 2 aromatic rings. The molecule has 2 fully saturated rings. The number of carbonyl (C=O) groups is 1. The maximum atomic E-state index is 13.5. The van der Waals surface area contributed by atoms with Crippen molar-refractivity contribution in [2.24, 2.45) is 11.8 Å². The number of ether oxygens (including phenoxy) is 1. The number of benzene rings is 2.